The van der Waals surface area contributed by atoms with Gasteiger partial charge in [-0.25, -0.2) is 18.9 Å². The fourth-order valence-corrected chi connectivity index (χ4v) is 4.01. The molecule has 0 aliphatic heterocycles. The van der Waals surface area contributed by atoms with E-state index >= 15 is 0 Å². The Labute approximate surface area is 212 Å². The Kier molecular flexibility index (Phi) is 6.22. The summed E-state index contributed by atoms with van der Waals surface area (Å²) in [6.07, 6.45) is 0. The zero-order valence-corrected chi connectivity index (χ0v) is 20.8. The van der Waals surface area contributed by atoms with E-state index in [9.17, 15) is 9.59 Å². The molecule has 0 unspecified atom stereocenters. The van der Waals surface area contributed by atoms with Crippen molar-refractivity contribution in [2.75, 3.05) is 19.5 Å². The Morgan fingerprint density at radius 3 is 2.57 bits per heavy atom. The van der Waals surface area contributed by atoms with Crippen molar-refractivity contribution < 1.29 is 19.0 Å². The number of aromatic nitrogens is 4. The zero-order chi connectivity index (χ0) is 26.1. The SMILES string of the molecule is COc1ccc(NC(=O)Cn2nc3c(Oc4cccc(C)c4C)nc4ccccc4n3c2=O)c(OC)c1. The number of hydrogen-bond donors (Lipinski definition) is 1. The molecule has 1 amide bonds. The molecule has 2 heterocycles. The Balaban J connectivity index is 1.54. The van der Waals surface area contributed by atoms with Crippen LogP contribution in [0, 0.1) is 13.8 Å². The lowest BCUT2D eigenvalue weighted by Crippen LogP contribution is -2.28. The van der Waals surface area contributed by atoms with E-state index in [1.54, 1.807) is 43.5 Å². The number of fused-ring (bicyclic) bond motifs is 3. The lowest BCUT2D eigenvalue weighted by molar-refractivity contribution is -0.117. The molecule has 0 radical (unpaired) electrons. The van der Waals surface area contributed by atoms with Crippen LogP contribution in [0.25, 0.3) is 16.7 Å². The van der Waals surface area contributed by atoms with Crippen LogP contribution >= 0.6 is 0 Å². The summed E-state index contributed by atoms with van der Waals surface area (Å²) in [5.41, 5.74) is 3.28. The number of rotatable bonds is 7. The average molecular weight is 500 g/mol. The number of nitrogens with one attached hydrogen (secondary N) is 1. The molecule has 37 heavy (non-hydrogen) atoms. The van der Waals surface area contributed by atoms with Gasteiger partial charge in [0.1, 0.15) is 23.8 Å². The Bertz CT molecular complexity index is 1710. The molecule has 1 N–H and O–H groups in total. The van der Waals surface area contributed by atoms with Gasteiger partial charge in [-0.2, -0.15) is 0 Å². The fourth-order valence-electron chi connectivity index (χ4n) is 4.01. The van der Waals surface area contributed by atoms with Gasteiger partial charge < -0.3 is 19.5 Å². The highest BCUT2D eigenvalue weighted by molar-refractivity contribution is 5.92. The van der Waals surface area contributed by atoms with E-state index in [1.807, 2.05) is 38.1 Å². The average Bonchev–Trinajstić information content (AvgIpc) is 3.23. The minimum absolute atomic E-state index is 0.167. The number of aryl methyl sites for hydroxylation is 1. The zero-order valence-electron chi connectivity index (χ0n) is 20.8. The lowest BCUT2D eigenvalue weighted by atomic mass is 10.1. The number of amides is 1. The number of methoxy groups -OCH3 is 2. The van der Waals surface area contributed by atoms with E-state index in [-0.39, 0.29) is 18.1 Å². The second-order valence-electron chi connectivity index (χ2n) is 8.42. The maximum Gasteiger partial charge on any atom is 0.351 e. The highest BCUT2D eigenvalue weighted by Gasteiger charge is 2.20. The Hall–Kier alpha value is -4.86. The molecular formula is C27H25N5O5. The molecule has 5 rings (SSSR count). The highest BCUT2D eigenvalue weighted by Crippen LogP contribution is 2.30. The van der Waals surface area contributed by atoms with Crippen LogP contribution in [0.3, 0.4) is 0 Å². The first kappa shape index (κ1) is 23.9. The normalized spacial score (nSPS) is 11.0. The number of hydrogen-bond acceptors (Lipinski definition) is 7. The number of anilines is 1. The molecule has 0 aliphatic carbocycles. The van der Waals surface area contributed by atoms with Crippen molar-refractivity contribution in [3.05, 3.63) is 82.3 Å². The summed E-state index contributed by atoms with van der Waals surface area (Å²) < 4.78 is 19.2. The van der Waals surface area contributed by atoms with E-state index in [4.69, 9.17) is 14.2 Å². The fraction of sp³-hybridized carbons (Fsp3) is 0.185. The van der Waals surface area contributed by atoms with Gasteiger partial charge in [-0.3, -0.25) is 4.79 Å². The number of benzene rings is 3. The summed E-state index contributed by atoms with van der Waals surface area (Å²) >= 11 is 0. The third-order valence-corrected chi connectivity index (χ3v) is 6.11. The first-order valence-corrected chi connectivity index (χ1v) is 11.5. The lowest BCUT2D eigenvalue weighted by Gasteiger charge is -2.11. The van der Waals surface area contributed by atoms with Gasteiger partial charge in [0.25, 0.3) is 5.88 Å². The molecule has 0 saturated heterocycles. The van der Waals surface area contributed by atoms with Crippen LogP contribution in [0.4, 0.5) is 5.69 Å². The van der Waals surface area contributed by atoms with Crippen molar-refractivity contribution in [3.8, 4) is 23.1 Å². The van der Waals surface area contributed by atoms with Gasteiger partial charge in [0.15, 0.2) is 0 Å². The summed E-state index contributed by atoms with van der Waals surface area (Å²) in [4.78, 5) is 30.9. The summed E-state index contributed by atoms with van der Waals surface area (Å²) in [6.45, 7) is 3.61. The summed E-state index contributed by atoms with van der Waals surface area (Å²) in [7, 11) is 3.03. The molecule has 188 valence electrons. The number of para-hydroxylation sites is 2. The van der Waals surface area contributed by atoms with Crippen LogP contribution in [-0.4, -0.2) is 39.3 Å². The van der Waals surface area contributed by atoms with Crippen LogP contribution in [0.1, 0.15) is 11.1 Å². The first-order chi connectivity index (χ1) is 17.9. The van der Waals surface area contributed by atoms with Crippen LogP contribution in [0.5, 0.6) is 23.1 Å². The van der Waals surface area contributed by atoms with Crippen LogP contribution in [-0.2, 0) is 11.3 Å². The molecule has 0 spiro atoms. The van der Waals surface area contributed by atoms with Gasteiger partial charge in [0.2, 0.25) is 11.6 Å². The van der Waals surface area contributed by atoms with Gasteiger partial charge in [-0.15, -0.1) is 5.10 Å². The summed E-state index contributed by atoms with van der Waals surface area (Å²) in [6, 6.07) is 17.9. The van der Waals surface area contributed by atoms with Gasteiger partial charge in [0, 0.05) is 6.07 Å². The van der Waals surface area contributed by atoms with Crippen LogP contribution < -0.4 is 25.2 Å². The second kappa shape index (κ2) is 9.65. The minimum Gasteiger partial charge on any atom is -0.497 e. The summed E-state index contributed by atoms with van der Waals surface area (Å²) in [5, 5.41) is 7.19. The molecule has 2 aromatic heterocycles. The summed E-state index contributed by atoms with van der Waals surface area (Å²) in [5.74, 6) is 1.33. The van der Waals surface area contributed by atoms with Gasteiger partial charge in [0.05, 0.1) is 30.9 Å². The van der Waals surface area contributed by atoms with Gasteiger partial charge in [-0.05, 0) is 55.3 Å². The Morgan fingerprint density at radius 2 is 1.78 bits per heavy atom. The molecule has 0 aliphatic rings. The third kappa shape index (κ3) is 4.44. The van der Waals surface area contributed by atoms with E-state index < -0.39 is 11.6 Å². The van der Waals surface area contributed by atoms with E-state index in [0.717, 1.165) is 15.8 Å². The monoisotopic (exact) mass is 499 g/mol. The number of carbonyl (C=O) groups is 1. The molecule has 0 atom stereocenters. The minimum atomic E-state index is -0.490. The van der Waals surface area contributed by atoms with Crippen LogP contribution in [0.15, 0.2) is 65.5 Å². The highest BCUT2D eigenvalue weighted by atomic mass is 16.5. The maximum atomic E-state index is 13.4. The molecule has 10 nitrogen and oxygen atoms in total. The molecule has 0 bridgehead atoms. The Morgan fingerprint density at radius 1 is 0.973 bits per heavy atom. The van der Waals surface area contributed by atoms with Crippen molar-refractivity contribution >= 4 is 28.3 Å². The number of nitrogens with zero attached hydrogens (tertiary/aromatic N) is 4. The van der Waals surface area contributed by atoms with Gasteiger partial charge >= 0.3 is 5.69 Å². The van der Waals surface area contributed by atoms with Crippen molar-refractivity contribution in [2.24, 2.45) is 0 Å². The predicted molar refractivity (Wildman–Crippen MR) is 139 cm³/mol. The van der Waals surface area contributed by atoms with Crippen molar-refractivity contribution in [1.29, 1.82) is 0 Å². The van der Waals surface area contributed by atoms with Crippen molar-refractivity contribution in [1.82, 2.24) is 19.2 Å². The molecule has 0 saturated carbocycles. The largest absolute Gasteiger partial charge is 0.497 e. The quantitative estimate of drug-likeness (QED) is 0.359. The number of carbonyl (C=O) groups excluding carboxylic acids is 1. The van der Waals surface area contributed by atoms with Crippen LogP contribution in [0.2, 0.25) is 0 Å². The maximum absolute atomic E-state index is 13.4. The first-order valence-electron chi connectivity index (χ1n) is 11.5. The van der Waals surface area contributed by atoms with Crippen molar-refractivity contribution in [2.45, 2.75) is 20.4 Å². The molecule has 0 fully saturated rings. The smallest absolute Gasteiger partial charge is 0.351 e. The van der Waals surface area contributed by atoms with Gasteiger partial charge in [-0.1, -0.05) is 24.3 Å². The third-order valence-electron chi connectivity index (χ3n) is 6.11. The van der Waals surface area contributed by atoms with Crippen molar-refractivity contribution in [3.63, 3.8) is 0 Å². The molecule has 3 aromatic carbocycles. The van der Waals surface area contributed by atoms with E-state index in [2.05, 4.69) is 15.4 Å². The standard InChI is InChI=1S/C27H25N5O5/c1-16-8-7-11-22(17(16)2)37-26-25-30-31(27(34)32(25)21-10-6-5-9-19(21)29-26)15-24(33)28-20-13-12-18(35-3)14-23(20)36-4/h5-14H,15H2,1-4H3,(H,28,33). The molecular weight excluding hydrogens is 474 g/mol. The molecule has 10 heteroatoms. The topological polar surface area (TPSA) is 109 Å². The van der Waals surface area contributed by atoms with E-state index in [1.165, 1.54) is 11.5 Å². The molecule has 5 aromatic rings. The van der Waals surface area contributed by atoms with E-state index in [0.29, 0.717) is 34.0 Å². The second-order valence-corrected chi connectivity index (χ2v) is 8.42. The number of ether oxygens (including phenoxy) is 3. The predicted octanol–water partition coefficient (Wildman–Crippen LogP) is 4.11.